The molecule has 0 aromatic rings. The van der Waals surface area contributed by atoms with Gasteiger partial charge in [-0.15, -0.1) is 0 Å². The Hall–Kier alpha value is -2.15. The summed E-state index contributed by atoms with van der Waals surface area (Å²) < 4.78 is 0. The standard InChI is InChI=1S/C18H19N/c1-15(16-10-8-5-9-11-16)14-18(19-2)17-12-6-3-4-7-13-17/h3-10,12-14,17H,2,11H2,1H3/b16-15-,18-14-. The van der Waals surface area contributed by atoms with E-state index in [0.717, 1.165) is 12.1 Å². The fraction of sp³-hybridized carbons (Fsp3) is 0.167. The summed E-state index contributed by atoms with van der Waals surface area (Å²) in [5.74, 6) is 0.200. The van der Waals surface area contributed by atoms with Crippen molar-refractivity contribution < 1.29 is 0 Å². The fourth-order valence-electron chi connectivity index (χ4n) is 2.12. The van der Waals surface area contributed by atoms with Crippen molar-refractivity contribution in [3.63, 3.8) is 0 Å². The predicted octanol–water partition coefficient (Wildman–Crippen LogP) is 4.70. The maximum atomic E-state index is 4.19. The number of rotatable bonds is 3. The highest BCUT2D eigenvalue weighted by molar-refractivity contribution is 5.42. The monoisotopic (exact) mass is 249 g/mol. The van der Waals surface area contributed by atoms with Crippen molar-refractivity contribution in [2.75, 3.05) is 0 Å². The Balaban J connectivity index is 2.26. The van der Waals surface area contributed by atoms with Gasteiger partial charge in [-0.25, -0.2) is 0 Å². The topological polar surface area (TPSA) is 12.4 Å². The average molecular weight is 249 g/mol. The third-order valence-corrected chi connectivity index (χ3v) is 3.25. The fourth-order valence-corrected chi connectivity index (χ4v) is 2.12. The molecule has 0 N–H and O–H groups in total. The molecule has 0 atom stereocenters. The quantitative estimate of drug-likeness (QED) is 0.643. The van der Waals surface area contributed by atoms with Crippen molar-refractivity contribution in [1.82, 2.24) is 0 Å². The summed E-state index contributed by atoms with van der Waals surface area (Å²) >= 11 is 0. The van der Waals surface area contributed by atoms with Gasteiger partial charge in [0.1, 0.15) is 0 Å². The van der Waals surface area contributed by atoms with E-state index in [1.807, 2.05) is 12.2 Å². The second-order valence-electron chi connectivity index (χ2n) is 4.61. The zero-order valence-corrected chi connectivity index (χ0v) is 11.3. The van der Waals surface area contributed by atoms with Gasteiger partial charge in [0.15, 0.2) is 0 Å². The molecule has 0 aromatic carbocycles. The summed E-state index contributed by atoms with van der Waals surface area (Å²) in [5.41, 5.74) is 3.58. The van der Waals surface area contributed by atoms with E-state index in [1.165, 1.54) is 11.1 Å². The molecule has 2 rings (SSSR count). The Morgan fingerprint density at radius 3 is 2.47 bits per heavy atom. The van der Waals surface area contributed by atoms with Crippen LogP contribution in [0.1, 0.15) is 13.3 Å². The first-order chi connectivity index (χ1) is 9.31. The van der Waals surface area contributed by atoms with E-state index in [0.29, 0.717) is 0 Å². The summed E-state index contributed by atoms with van der Waals surface area (Å²) in [5, 5.41) is 0. The maximum Gasteiger partial charge on any atom is 0.0505 e. The summed E-state index contributed by atoms with van der Waals surface area (Å²) in [6, 6.07) is 0. The van der Waals surface area contributed by atoms with Crippen LogP contribution < -0.4 is 0 Å². The molecular formula is C18H19N. The Bertz CT molecular complexity index is 532. The van der Waals surface area contributed by atoms with Crippen molar-refractivity contribution >= 4 is 6.72 Å². The van der Waals surface area contributed by atoms with Crippen LogP contribution in [0.25, 0.3) is 0 Å². The Morgan fingerprint density at radius 2 is 1.89 bits per heavy atom. The van der Waals surface area contributed by atoms with E-state index in [1.54, 1.807) is 0 Å². The Morgan fingerprint density at radius 1 is 1.16 bits per heavy atom. The van der Waals surface area contributed by atoms with Gasteiger partial charge < -0.3 is 0 Å². The molecule has 0 amide bonds. The van der Waals surface area contributed by atoms with Gasteiger partial charge >= 0.3 is 0 Å². The van der Waals surface area contributed by atoms with Gasteiger partial charge in [0, 0.05) is 5.92 Å². The summed E-state index contributed by atoms with van der Waals surface area (Å²) in [6.07, 6.45) is 24.0. The van der Waals surface area contributed by atoms with Gasteiger partial charge in [-0.3, -0.25) is 4.99 Å². The van der Waals surface area contributed by atoms with Gasteiger partial charge in [-0.1, -0.05) is 60.8 Å². The molecule has 0 aromatic heterocycles. The highest BCUT2D eigenvalue weighted by Gasteiger charge is 2.08. The van der Waals surface area contributed by atoms with E-state index in [4.69, 9.17) is 0 Å². The van der Waals surface area contributed by atoms with Crippen LogP contribution in [0.5, 0.6) is 0 Å². The number of hydrogen-bond acceptors (Lipinski definition) is 1. The molecule has 0 fully saturated rings. The smallest absolute Gasteiger partial charge is 0.0505 e. The lowest BCUT2D eigenvalue weighted by molar-refractivity contribution is 0.946. The van der Waals surface area contributed by atoms with Gasteiger partial charge in [0.25, 0.3) is 0 Å². The predicted molar refractivity (Wildman–Crippen MR) is 84.1 cm³/mol. The molecule has 2 aliphatic carbocycles. The van der Waals surface area contributed by atoms with Crippen LogP contribution in [0.4, 0.5) is 0 Å². The van der Waals surface area contributed by atoms with Crippen molar-refractivity contribution in [2.45, 2.75) is 13.3 Å². The minimum Gasteiger partial charge on any atom is -0.268 e. The SMILES string of the molecule is C=N/C(=C\C(C)=C1\C=CC=CC1)C1C=CC=CC=C1. The van der Waals surface area contributed by atoms with Crippen LogP contribution in [0.15, 0.2) is 88.7 Å². The van der Waals surface area contributed by atoms with Crippen molar-refractivity contribution in [3.8, 4) is 0 Å². The number of aliphatic imine (C=N–C) groups is 1. The van der Waals surface area contributed by atoms with Crippen LogP contribution in [-0.2, 0) is 0 Å². The van der Waals surface area contributed by atoms with Gasteiger partial charge in [0.05, 0.1) is 5.70 Å². The van der Waals surface area contributed by atoms with E-state index in [9.17, 15) is 0 Å². The molecule has 96 valence electrons. The summed E-state index contributed by atoms with van der Waals surface area (Å²) in [6.45, 7) is 5.84. The molecule has 1 heteroatoms. The molecule has 2 aliphatic rings. The minimum atomic E-state index is 0.200. The Kier molecular flexibility index (Phi) is 4.68. The Labute approximate surface area is 115 Å². The second kappa shape index (κ2) is 6.69. The second-order valence-corrected chi connectivity index (χ2v) is 4.61. The van der Waals surface area contributed by atoms with E-state index < -0.39 is 0 Å². The normalized spacial score (nSPS) is 21.6. The summed E-state index contributed by atoms with van der Waals surface area (Å²) in [7, 11) is 0. The van der Waals surface area contributed by atoms with E-state index in [-0.39, 0.29) is 5.92 Å². The number of allylic oxidation sites excluding steroid dienone is 12. The van der Waals surface area contributed by atoms with Gasteiger partial charge in [-0.05, 0) is 37.3 Å². The third kappa shape index (κ3) is 3.65. The molecule has 19 heavy (non-hydrogen) atoms. The third-order valence-electron chi connectivity index (χ3n) is 3.25. The largest absolute Gasteiger partial charge is 0.268 e. The maximum absolute atomic E-state index is 4.19. The molecular weight excluding hydrogens is 230 g/mol. The zero-order chi connectivity index (χ0) is 13.5. The van der Waals surface area contributed by atoms with E-state index in [2.05, 4.69) is 73.3 Å². The lowest BCUT2D eigenvalue weighted by Gasteiger charge is -2.10. The van der Waals surface area contributed by atoms with Crippen molar-refractivity contribution in [3.05, 3.63) is 83.7 Å². The van der Waals surface area contributed by atoms with Gasteiger partial charge in [0.2, 0.25) is 0 Å². The molecule has 0 spiro atoms. The zero-order valence-electron chi connectivity index (χ0n) is 11.3. The molecule has 0 saturated heterocycles. The number of nitrogens with zero attached hydrogens (tertiary/aromatic N) is 1. The van der Waals surface area contributed by atoms with Crippen LogP contribution in [0, 0.1) is 5.92 Å². The highest BCUT2D eigenvalue weighted by Crippen LogP contribution is 2.22. The molecule has 0 heterocycles. The van der Waals surface area contributed by atoms with E-state index >= 15 is 0 Å². The molecule has 0 unspecified atom stereocenters. The average Bonchev–Trinajstić information content (AvgIpc) is 2.74. The highest BCUT2D eigenvalue weighted by atomic mass is 14.7. The first kappa shape index (κ1) is 13.3. The van der Waals surface area contributed by atoms with Gasteiger partial charge in [-0.2, -0.15) is 0 Å². The van der Waals surface area contributed by atoms with Crippen LogP contribution >= 0.6 is 0 Å². The van der Waals surface area contributed by atoms with Crippen LogP contribution in [0.2, 0.25) is 0 Å². The van der Waals surface area contributed by atoms with Crippen LogP contribution in [-0.4, -0.2) is 6.72 Å². The molecule has 0 saturated carbocycles. The lowest BCUT2D eigenvalue weighted by atomic mass is 9.98. The molecule has 0 aliphatic heterocycles. The lowest BCUT2D eigenvalue weighted by Crippen LogP contribution is -1.96. The molecule has 0 radical (unpaired) electrons. The van der Waals surface area contributed by atoms with Crippen LogP contribution in [0.3, 0.4) is 0 Å². The van der Waals surface area contributed by atoms with Crippen molar-refractivity contribution in [2.24, 2.45) is 10.9 Å². The number of hydrogen-bond donors (Lipinski definition) is 0. The first-order valence-electron chi connectivity index (χ1n) is 6.54. The summed E-state index contributed by atoms with van der Waals surface area (Å²) in [4.78, 5) is 4.19. The first-order valence-corrected chi connectivity index (χ1v) is 6.54. The molecule has 1 nitrogen and oxygen atoms in total. The minimum absolute atomic E-state index is 0.200. The van der Waals surface area contributed by atoms with Crippen molar-refractivity contribution in [1.29, 1.82) is 0 Å². The molecule has 0 bridgehead atoms.